The van der Waals surface area contributed by atoms with Gasteiger partial charge in [-0.3, -0.25) is 4.79 Å². The van der Waals surface area contributed by atoms with Gasteiger partial charge in [0.1, 0.15) is 16.7 Å². The summed E-state index contributed by atoms with van der Waals surface area (Å²) in [7, 11) is 0. The number of benzene rings is 1. The fourth-order valence-corrected chi connectivity index (χ4v) is 3.64. The zero-order chi connectivity index (χ0) is 17.8. The van der Waals surface area contributed by atoms with Crippen molar-refractivity contribution in [2.75, 3.05) is 13.2 Å². The van der Waals surface area contributed by atoms with Crippen LogP contribution in [0, 0.1) is 13.8 Å². The zero-order valence-electron chi connectivity index (χ0n) is 14.3. The van der Waals surface area contributed by atoms with E-state index in [1.165, 1.54) is 11.3 Å². The summed E-state index contributed by atoms with van der Waals surface area (Å²) < 4.78 is 11.5. The number of thiazole rings is 1. The summed E-state index contributed by atoms with van der Waals surface area (Å²) in [5.74, 6) is 0.580. The number of carbonyl (C=O) groups excluding carboxylic acids is 1. The van der Waals surface area contributed by atoms with Gasteiger partial charge in [0, 0.05) is 6.61 Å². The lowest BCUT2D eigenvalue weighted by Crippen LogP contribution is -2.51. The molecule has 2 N–H and O–H groups in total. The third-order valence-corrected chi connectivity index (χ3v) is 5.20. The van der Waals surface area contributed by atoms with E-state index in [1.807, 2.05) is 38.1 Å². The van der Waals surface area contributed by atoms with Crippen molar-refractivity contribution in [2.45, 2.75) is 39.0 Å². The Morgan fingerprint density at radius 1 is 1.40 bits per heavy atom. The molecule has 1 aromatic heterocycles. The topological polar surface area (TPSA) is 80.7 Å². The minimum absolute atomic E-state index is 0.000874. The van der Waals surface area contributed by atoms with E-state index >= 15 is 0 Å². The minimum Gasteiger partial charge on any atom is -0.486 e. The normalized spacial score (nSPS) is 20.3. The summed E-state index contributed by atoms with van der Waals surface area (Å²) in [6, 6.07) is 7.14. The molecule has 1 aromatic carbocycles. The fourth-order valence-electron chi connectivity index (χ4n) is 2.82. The largest absolute Gasteiger partial charge is 0.486 e. The van der Waals surface area contributed by atoms with Crippen LogP contribution in [0.1, 0.15) is 32.4 Å². The van der Waals surface area contributed by atoms with Gasteiger partial charge < -0.3 is 19.9 Å². The van der Waals surface area contributed by atoms with Crippen molar-refractivity contribution in [2.24, 2.45) is 0 Å². The number of aliphatic hydroxyl groups is 1. The molecule has 25 heavy (non-hydrogen) atoms. The van der Waals surface area contributed by atoms with E-state index in [1.54, 1.807) is 0 Å². The third-order valence-electron chi connectivity index (χ3n) is 4.12. The van der Waals surface area contributed by atoms with Crippen LogP contribution in [0.3, 0.4) is 0 Å². The van der Waals surface area contributed by atoms with E-state index in [9.17, 15) is 4.79 Å². The molecule has 0 radical (unpaired) electrons. The second kappa shape index (κ2) is 7.95. The number of amides is 1. The van der Waals surface area contributed by atoms with Gasteiger partial charge in [-0.15, -0.1) is 11.3 Å². The van der Waals surface area contributed by atoms with Crippen LogP contribution in [0.15, 0.2) is 24.3 Å². The van der Waals surface area contributed by atoms with Gasteiger partial charge in [-0.05, 0) is 38.0 Å². The summed E-state index contributed by atoms with van der Waals surface area (Å²) in [6.45, 7) is 4.76. The van der Waals surface area contributed by atoms with E-state index in [0.29, 0.717) is 30.3 Å². The highest BCUT2D eigenvalue weighted by Crippen LogP contribution is 2.21. The van der Waals surface area contributed by atoms with E-state index in [4.69, 9.17) is 14.6 Å². The molecule has 1 aliphatic rings. The Morgan fingerprint density at radius 3 is 2.80 bits per heavy atom. The minimum atomic E-state index is -0.257. The number of ether oxygens (including phenoxy) is 2. The average molecular weight is 362 g/mol. The molecule has 2 aromatic rings. The Labute approximate surface area is 150 Å². The lowest BCUT2D eigenvalue weighted by atomic mass is 10.1. The molecule has 0 bridgehead atoms. The van der Waals surface area contributed by atoms with Gasteiger partial charge in [-0.2, -0.15) is 0 Å². The summed E-state index contributed by atoms with van der Waals surface area (Å²) >= 11 is 1.40. The van der Waals surface area contributed by atoms with Crippen molar-refractivity contribution in [3.63, 3.8) is 0 Å². The van der Waals surface area contributed by atoms with Gasteiger partial charge in [0.2, 0.25) is 0 Å². The zero-order valence-corrected chi connectivity index (χ0v) is 15.1. The Bertz CT molecular complexity index is 729. The van der Waals surface area contributed by atoms with Crippen molar-refractivity contribution >= 4 is 17.2 Å². The van der Waals surface area contributed by atoms with Gasteiger partial charge >= 0.3 is 0 Å². The van der Waals surface area contributed by atoms with Gasteiger partial charge in [0.05, 0.1) is 30.0 Å². The van der Waals surface area contributed by atoms with Crippen LogP contribution in [0.5, 0.6) is 5.75 Å². The number of nitrogens with zero attached hydrogens (tertiary/aromatic N) is 1. The monoisotopic (exact) mass is 362 g/mol. The fraction of sp³-hybridized carbons (Fsp3) is 0.444. The van der Waals surface area contributed by atoms with Crippen LogP contribution in [0.4, 0.5) is 0 Å². The van der Waals surface area contributed by atoms with Gasteiger partial charge in [0.25, 0.3) is 5.91 Å². The lowest BCUT2D eigenvalue weighted by Gasteiger charge is -2.32. The molecule has 0 spiro atoms. The smallest absolute Gasteiger partial charge is 0.263 e. The molecular weight excluding hydrogens is 340 g/mol. The highest BCUT2D eigenvalue weighted by atomic mass is 32.1. The maximum Gasteiger partial charge on any atom is 0.263 e. The number of hydrogen-bond donors (Lipinski definition) is 2. The molecule has 1 aliphatic heterocycles. The van der Waals surface area contributed by atoms with E-state index < -0.39 is 0 Å². The summed E-state index contributed by atoms with van der Waals surface area (Å²) in [4.78, 5) is 17.5. The molecule has 1 saturated heterocycles. The van der Waals surface area contributed by atoms with Crippen LogP contribution in [-0.4, -0.2) is 41.4 Å². The first-order valence-electron chi connectivity index (χ1n) is 8.26. The van der Waals surface area contributed by atoms with Crippen LogP contribution in [0.2, 0.25) is 0 Å². The number of nitrogens with one attached hydrogen (secondary N) is 1. The van der Waals surface area contributed by atoms with Gasteiger partial charge in [-0.1, -0.05) is 12.1 Å². The molecule has 6 nitrogen and oxygen atoms in total. The number of carbonyl (C=O) groups is 1. The first-order chi connectivity index (χ1) is 12.1. The predicted octanol–water partition coefficient (Wildman–Crippen LogP) is 2.22. The molecule has 7 heteroatoms. The van der Waals surface area contributed by atoms with E-state index in [0.717, 1.165) is 16.3 Å². The van der Waals surface area contributed by atoms with Crippen LogP contribution in [0.25, 0.3) is 0 Å². The molecule has 1 fully saturated rings. The summed E-state index contributed by atoms with van der Waals surface area (Å²) in [5, 5.41) is 13.1. The number of aliphatic hydroxyl groups excluding tert-OH is 1. The predicted molar refractivity (Wildman–Crippen MR) is 95.1 cm³/mol. The first-order valence-corrected chi connectivity index (χ1v) is 9.07. The molecule has 0 saturated carbocycles. The SMILES string of the molecule is Cc1nc(C)c(C(=O)NC2CCOCC2Oc2ccc(CO)cc2)s1. The Hall–Kier alpha value is -1.96. The number of hydrogen-bond acceptors (Lipinski definition) is 6. The molecule has 2 atom stereocenters. The summed E-state index contributed by atoms with van der Waals surface area (Å²) in [5.41, 5.74) is 1.58. The van der Waals surface area contributed by atoms with Crippen LogP contribution in [-0.2, 0) is 11.3 Å². The molecule has 1 amide bonds. The van der Waals surface area contributed by atoms with E-state index in [-0.39, 0.29) is 24.7 Å². The van der Waals surface area contributed by atoms with Crippen LogP contribution < -0.4 is 10.1 Å². The number of rotatable bonds is 5. The average Bonchev–Trinajstić information content (AvgIpc) is 2.96. The highest BCUT2D eigenvalue weighted by Gasteiger charge is 2.30. The highest BCUT2D eigenvalue weighted by molar-refractivity contribution is 7.13. The van der Waals surface area contributed by atoms with Crippen molar-refractivity contribution < 1.29 is 19.4 Å². The van der Waals surface area contributed by atoms with Crippen LogP contribution >= 0.6 is 11.3 Å². The Kier molecular flexibility index (Phi) is 5.67. The maximum absolute atomic E-state index is 12.6. The van der Waals surface area contributed by atoms with Gasteiger partial charge in [0.15, 0.2) is 0 Å². The number of aryl methyl sites for hydroxylation is 2. The Morgan fingerprint density at radius 2 is 2.16 bits per heavy atom. The van der Waals surface area contributed by atoms with Crippen molar-refractivity contribution in [3.05, 3.63) is 45.4 Å². The first kappa shape index (κ1) is 17.8. The quantitative estimate of drug-likeness (QED) is 0.852. The summed E-state index contributed by atoms with van der Waals surface area (Å²) in [6.07, 6.45) is 0.439. The third kappa shape index (κ3) is 4.36. The van der Waals surface area contributed by atoms with Crippen molar-refractivity contribution in [1.29, 1.82) is 0 Å². The van der Waals surface area contributed by atoms with Gasteiger partial charge in [-0.25, -0.2) is 4.98 Å². The lowest BCUT2D eigenvalue weighted by molar-refractivity contribution is -0.0134. The molecular formula is C18H22N2O4S. The molecule has 0 aliphatic carbocycles. The molecule has 3 rings (SSSR count). The second-order valence-corrected chi connectivity index (χ2v) is 7.25. The van der Waals surface area contributed by atoms with Crippen molar-refractivity contribution in [1.82, 2.24) is 10.3 Å². The molecule has 2 heterocycles. The molecule has 134 valence electrons. The maximum atomic E-state index is 12.6. The standard InChI is InChI=1S/C18H22N2O4S/c1-11-17(25-12(2)19-11)18(22)20-15-7-8-23-10-16(15)24-14-5-3-13(9-21)4-6-14/h3-6,15-16,21H,7-10H2,1-2H3,(H,20,22). The number of aromatic nitrogens is 1. The van der Waals surface area contributed by atoms with Crippen molar-refractivity contribution in [3.8, 4) is 5.75 Å². The second-order valence-electron chi connectivity index (χ2n) is 6.05. The van der Waals surface area contributed by atoms with E-state index in [2.05, 4.69) is 10.3 Å². The Balaban J connectivity index is 1.67. The molecule has 2 unspecified atom stereocenters.